The van der Waals surface area contributed by atoms with Crippen LogP contribution in [0, 0.1) is 23.0 Å². The van der Waals surface area contributed by atoms with Crippen LogP contribution in [0.2, 0.25) is 0 Å². The summed E-state index contributed by atoms with van der Waals surface area (Å²) in [6, 6.07) is 13.2. The Hall–Kier alpha value is -3.22. The maximum absolute atomic E-state index is 13.0. The number of ether oxygens (including phenoxy) is 1. The van der Waals surface area contributed by atoms with Gasteiger partial charge in [-0.25, -0.2) is 0 Å². The Morgan fingerprint density at radius 3 is 2.45 bits per heavy atom. The van der Waals surface area contributed by atoms with E-state index >= 15 is 0 Å². The summed E-state index contributed by atoms with van der Waals surface area (Å²) in [4.78, 5) is 36.4. The van der Waals surface area contributed by atoms with Gasteiger partial charge in [-0.2, -0.15) is 0 Å². The number of amides is 1. The van der Waals surface area contributed by atoms with Crippen LogP contribution in [0.25, 0.3) is 0 Å². The number of carbonyl (C=O) groups excluding carboxylic acids is 2. The largest absolute Gasteiger partial charge is 0.447 e. The van der Waals surface area contributed by atoms with Crippen LogP contribution in [0.4, 0.5) is 11.4 Å². The number of carbonyl (C=O) groups is 2. The lowest BCUT2D eigenvalue weighted by Crippen LogP contribution is -2.29. The molecule has 1 atom stereocenters. The quantitative estimate of drug-likeness (QED) is 0.433. The highest BCUT2D eigenvalue weighted by molar-refractivity contribution is 5.97. The Labute approximate surface area is 169 Å². The number of anilines is 1. The molecule has 0 radical (unpaired) electrons. The first-order valence-corrected chi connectivity index (χ1v) is 9.77. The minimum absolute atomic E-state index is 0.0697. The van der Waals surface area contributed by atoms with Crippen LogP contribution < -0.4 is 5.32 Å². The molecular weight excluding hydrogens is 372 g/mol. The third kappa shape index (κ3) is 5.19. The average molecular weight is 396 g/mol. The van der Waals surface area contributed by atoms with Gasteiger partial charge in [0.25, 0.3) is 11.6 Å². The Morgan fingerprint density at radius 1 is 1.10 bits per heavy atom. The van der Waals surface area contributed by atoms with Crippen LogP contribution in [-0.4, -0.2) is 16.8 Å². The minimum atomic E-state index is -1.17. The Balaban J connectivity index is 1.83. The van der Waals surface area contributed by atoms with Gasteiger partial charge in [0.2, 0.25) is 6.10 Å². The van der Waals surface area contributed by atoms with Crippen LogP contribution in [0.15, 0.2) is 48.5 Å². The highest BCUT2D eigenvalue weighted by atomic mass is 16.6. The summed E-state index contributed by atoms with van der Waals surface area (Å²) >= 11 is 0. The van der Waals surface area contributed by atoms with Gasteiger partial charge in [-0.1, -0.05) is 55.7 Å². The SMILES string of the molecule is Cc1ccc(NC(=O)C(OC(=O)C2CCCCC2)c2ccccc2)c([N+](=O)[O-])c1. The van der Waals surface area contributed by atoms with Crippen molar-refractivity contribution in [3.63, 3.8) is 0 Å². The molecule has 0 saturated heterocycles. The lowest BCUT2D eigenvalue weighted by Gasteiger charge is -2.24. The van der Waals surface area contributed by atoms with Gasteiger partial charge in [-0.15, -0.1) is 0 Å². The zero-order valence-electron chi connectivity index (χ0n) is 16.3. The molecule has 0 bridgehead atoms. The maximum atomic E-state index is 13.0. The van der Waals surface area contributed by atoms with Crippen LogP contribution >= 0.6 is 0 Å². The Kier molecular flexibility index (Phi) is 6.59. The Morgan fingerprint density at radius 2 is 1.79 bits per heavy atom. The second kappa shape index (κ2) is 9.32. The van der Waals surface area contributed by atoms with E-state index in [4.69, 9.17) is 4.74 Å². The van der Waals surface area contributed by atoms with Crippen molar-refractivity contribution < 1.29 is 19.2 Å². The number of rotatable bonds is 6. The maximum Gasteiger partial charge on any atom is 0.310 e. The van der Waals surface area contributed by atoms with E-state index in [-0.39, 0.29) is 17.3 Å². The molecular formula is C22H24N2O5. The molecule has 1 aliphatic rings. The van der Waals surface area contributed by atoms with Crippen molar-refractivity contribution in [1.82, 2.24) is 0 Å². The number of hydrogen-bond donors (Lipinski definition) is 1. The molecule has 0 spiro atoms. The predicted octanol–water partition coefficient (Wildman–Crippen LogP) is 4.71. The van der Waals surface area contributed by atoms with Gasteiger partial charge in [0, 0.05) is 11.6 Å². The van der Waals surface area contributed by atoms with Gasteiger partial charge in [0.1, 0.15) is 5.69 Å². The van der Waals surface area contributed by atoms with Crippen molar-refractivity contribution in [2.24, 2.45) is 5.92 Å². The molecule has 1 unspecified atom stereocenters. The first-order valence-electron chi connectivity index (χ1n) is 9.77. The summed E-state index contributed by atoms with van der Waals surface area (Å²) in [7, 11) is 0. The van der Waals surface area contributed by atoms with Crippen molar-refractivity contribution in [3.8, 4) is 0 Å². The molecule has 0 aliphatic heterocycles. The molecule has 1 fully saturated rings. The lowest BCUT2D eigenvalue weighted by molar-refractivity contribution is -0.384. The number of nitrogens with zero attached hydrogens (tertiary/aromatic N) is 1. The predicted molar refractivity (Wildman–Crippen MR) is 108 cm³/mol. The van der Waals surface area contributed by atoms with E-state index < -0.39 is 22.9 Å². The highest BCUT2D eigenvalue weighted by Crippen LogP contribution is 2.30. The molecule has 2 aromatic rings. The standard InChI is InChI=1S/C22H24N2O5/c1-15-12-13-18(19(14-15)24(27)28)23-21(25)20(16-8-4-2-5-9-16)29-22(26)17-10-6-3-7-11-17/h2,4-5,8-9,12-14,17,20H,3,6-7,10-11H2,1H3,(H,23,25). The van der Waals surface area contributed by atoms with Crippen molar-refractivity contribution in [3.05, 3.63) is 69.8 Å². The molecule has 7 heteroatoms. The van der Waals surface area contributed by atoms with E-state index in [9.17, 15) is 19.7 Å². The topological polar surface area (TPSA) is 98.5 Å². The van der Waals surface area contributed by atoms with E-state index in [2.05, 4.69) is 5.32 Å². The summed E-state index contributed by atoms with van der Waals surface area (Å²) in [5.74, 6) is -1.23. The van der Waals surface area contributed by atoms with E-state index in [0.717, 1.165) is 32.1 Å². The first-order chi connectivity index (χ1) is 14.0. The molecule has 152 valence electrons. The van der Waals surface area contributed by atoms with E-state index in [1.54, 1.807) is 43.3 Å². The zero-order chi connectivity index (χ0) is 20.8. The van der Waals surface area contributed by atoms with E-state index in [1.165, 1.54) is 12.1 Å². The molecule has 3 rings (SSSR count). The molecule has 1 amide bonds. The average Bonchev–Trinajstić information content (AvgIpc) is 2.74. The molecule has 0 aromatic heterocycles. The number of esters is 1. The lowest BCUT2D eigenvalue weighted by atomic mass is 9.89. The number of nitrogens with one attached hydrogen (secondary N) is 1. The molecule has 7 nitrogen and oxygen atoms in total. The van der Waals surface area contributed by atoms with Gasteiger partial charge in [0.15, 0.2) is 0 Å². The van der Waals surface area contributed by atoms with Crippen LogP contribution in [-0.2, 0) is 14.3 Å². The molecule has 1 saturated carbocycles. The van der Waals surface area contributed by atoms with Crippen LogP contribution in [0.5, 0.6) is 0 Å². The number of nitro groups is 1. The summed E-state index contributed by atoms with van der Waals surface area (Å²) in [6.45, 7) is 1.73. The van der Waals surface area contributed by atoms with Crippen molar-refractivity contribution in [2.45, 2.75) is 45.1 Å². The molecule has 1 N–H and O–H groups in total. The highest BCUT2D eigenvalue weighted by Gasteiger charge is 2.31. The third-order valence-electron chi connectivity index (χ3n) is 5.12. The number of hydrogen-bond acceptors (Lipinski definition) is 5. The summed E-state index contributed by atoms with van der Waals surface area (Å²) in [5.41, 5.74) is 1.09. The Bertz CT molecular complexity index is 891. The smallest absolute Gasteiger partial charge is 0.310 e. The minimum Gasteiger partial charge on any atom is -0.447 e. The second-order valence-electron chi connectivity index (χ2n) is 7.33. The molecule has 29 heavy (non-hydrogen) atoms. The molecule has 0 heterocycles. The number of nitro benzene ring substituents is 1. The number of benzene rings is 2. The fourth-order valence-electron chi connectivity index (χ4n) is 3.55. The number of aryl methyl sites for hydroxylation is 1. The molecule has 1 aliphatic carbocycles. The van der Waals surface area contributed by atoms with Gasteiger partial charge in [-0.05, 0) is 31.4 Å². The van der Waals surface area contributed by atoms with E-state index in [1.807, 2.05) is 0 Å². The van der Waals surface area contributed by atoms with Crippen molar-refractivity contribution >= 4 is 23.3 Å². The summed E-state index contributed by atoms with van der Waals surface area (Å²) in [5, 5.41) is 13.9. The monoisotopic (exact) mass is 396 g/mol. The zero-order valence-corrected chi connectivity index (χ0v) is 16.3. The second-order valence-corrected chi connectivity index (χ2v) is 7.33. The van der Waals surface area contributed by atoms with Crippen molar-refractivity contribution in [2.75, 3.05) is 5.32 Å². The van der Waals surface area contributed by atoms with Gasteiger partial charge in [0.05, 0.1) is 10.8 Å². The normalized spacial score (nSPS) is 15.3. The van der Waals surface area contributed by atoms with Gasteiger partial charge < -0.3 is 10.1 Å². The molecule has 2 aromatic carbocycles. The summed E-state index contributed by atoms with van der Waals surface area (Å²) in [6.07, 6.45) is 3.38. The van der Waals surface area contributed by atoms with Crippen molar-refractivity contribution in [1.29, 1.82) is 0 Å². The fourth-order valence-corrected chi connectivity index (χ4v) is 3.55. The van der Waals surface area contributed by atoms with E-state index in [0.29, 0.717) is 11.1 Å². The summed E-state index contributed by atoms with van der Waals surface area (Å²) < 4.78 is 5.61. The van der Waals surface area contributed by atoms with Crippen LogP contribution in [0.1, 0.15) is 49.3 Å². The fraction of sp³-hybridized carbons (Fsp3) is 0.364. The van der Waals surface area contributed by atoms with Gasteiger partial charge in [-0.3, -0.25) is 19.7 Å². The third-order valence-corrected chi connectivity index (χ3v) is 5.12. The van der Waals surface area contributed by atoms with Crippen LogP contribution in [0.3, 0.4) is 0 Å². The first kappa shape index (κ1) is 20.5. The van der Waals surface area contributed by atoms with Gasteiger partial charge >= 0.3 is 5.97 Å².